The van der Waals surface area contributed by atoms with Crippen molar-refractivity contribution in [3.63, 3.8) is 0 Å². The summed E-state index contributed by atoms with van der Waals surface area (Å²) in [4.78, 5) is 6.73. The highest BCUT2D eigenvalue weighted by molar-refractivity contribution is 5.38. The number of anilines is 1. The van der Waals surface area contributed by atoms with E-state index in [4.69, 9.17) is 4.74 Å². The zero-order chi connectivity index (χ0) is 16.9. The maximum Gasteiger partial charge on any atom is 0.165 e. The highest BCUT2D eigenvalue weighted by atomic mass is 19.1. The average Bonchev–Trinajstić information content (AvgIpc) is 2.63. The fourth-order valence-electron chi connectivity index (χ4n) is 3.22. The summed E-state index contributed by atoms with van der Waals surface area (Å²) in [5, 5.41) is 3.62. The van der Waals surface area contributed by atoms with E-state index in [1.54, 1.807) is 12.1 Å². The molecule has 2 aromatic rings. The first kappa shape index (κ1) is 16.7. The van der Waals surface area contributed by atoms with E-state index in [1.165, 1.54) is 7.11 Å². The second-order valence-electron chi connectivity index (χ2n) is 6.23. The smallest absolute Gasteiger partial charge is 0.165 e. The van der Waals surface area contributed by atoms with Crippen molar-refractivity contribution in [3.05, 3.63) is 54.0 Å². The zero-order valence-electron chi connectivity index (χ0n) is 14.2. The highest BCUT2D eigenvalue weighted by Crippen LogP contribution is 2.24. The number of rotatable bonds is 5. The van der Waals surface area contributed by atoms with E-state index < -0.39 is 0 Å². The third-order valence-corrected chi connectivity index (χ3v) is 4.63. The van der Waals surface area contributed by atoms with Crippen LogP contribution >= 0.6 is 0 Å². The van der Waals surface area contributed by atoms with Gasteiger partial charge in [-0.05, 0) is 49.6 Å². The molecule has 24 heavy (non-hydrogen) atoms. The normalized spacial score (nSPS) is 16.9. The second-order valence-corrected chi connectivity index (χ2v) is 6.23. The molecule has 1 N–H and O–H groups in total. The van der Waals surface area contributed by atoms with Crippen molar-refractivity contribution in [1.82, 2.24) is 10.3 Å². The number of nitrogens with zero attached hydrogens (tertiary/aromatic N) is 2. The third kappa shape index (κ3) is 3.85. The molecule has 3 rings (SSSR count). The minimum absolute atomic E-state index is 0.108. The van der Waals surface area contributed by atoms with Gasteiger partial charge in [0.15, 0.2) is 11.6 Å². The number of aromatic nitrogens is 1. The molecule has 128 valence electrons. The van der Waals surface area contributed by atoms with Crippen molar-refractivity contribution in [2.75, 3.05) is 25.1 Å². The molecule has 1 aliphatic rings. The Balaban J connectivity index is 1.55. The van der Waals surface area contributed by atoms with Crippen LogP contribution in [0.25, 0.3) is 0 Å². The molecule has 0 radical (unpaired) electrons. The van der Waals surface area contributed by atoms with E-state index >= 15 is 0 Å². The first-order valence-electron chi connectivity index (χ1n) is 8.43. The van der Waals surface area contributed by atoms with Crippen molar-refractivity contribution < 1.29 is 9.13 Å². The molecule has 0 spiro atoms. The first-order valence-corrected chi connectivity index (χ1v) is 8.43. The van der Waals surface area contributed by atoms with Gasteiger partial charge in [0, 0.05) is 31.4 Å². The Hall–Kier alpha value is -2.14. The van der Waals surface area contributed by atoms with Gasteiger partial charge < -0.3 is 15.0 Å². The van der Waals surface area contributed by atoms with Crippen LogP contribution in [0.2, 0.25) is 0 Å². The molecule has 4 nitrogen and oxygen atoms in total. The van der Waals surface area contributed by atoms with Gasteiger partial charge in [0.05, 0.1) is 7.11 Å². The van der Waals surface area contributed by atoms with E-state index in [1.807, 2.05) is 24.4 Å². The van der Waals surface area contributed by atoms with E-state index in [2.05, 4.69) is 28.2 Å². The van der Waals surface area contributed by atoms with Crippen molar-refractivity contribution in [2.45, 2.75) is 31.8 Å². The summed E-state index contributed by atoms with van der Waals surface area (Å²) in [5.74, 6) is 1.02. The highest BCUT2D eigenvalue weighted by Gasteiger charge is 2.21. The Morgan fingerprint density at radius 2 is 2.04 bits per heavy atom. The quantitative estimate of drug-likeness (QED) is 0.910. The summed E-state index contributed by atoms with van der Waals surface area (Å²) < 4.78 is 18.8. The number of piperidine rings is 1. The molecular formula is C19H24FN3O. The topological polar surface area (TPSA) is 37.4 Å². The standard InChI is InChI=1S/C19H24FN3O/c1-14(15-6-7-18(24-2)17(20)13-15)22-16-8-11-23(12-9-16)19-5-3-4-10-21-19/h3-7,10,13-14,16,22H,8-9,11-12H2,1-2H3/t14-/m1/s1. The van der Waals surface area contributed by atoms with Gasteiger partial charge in [-0.3, -0.25) is 0 Å². The lowest BCUT2D eigenvalue weighted by molar-refractivity contribution is 0.374. The van der Waals surface area contributed by atoms with Gasteiger partial charge in [-0.15, -0.1) is 0 Å². The first-order chi connectivity index (χ1) is 11.7. The lowest BCUT2D eigenvalue weighted by Crippen LogP contribution is -2.43. The second kappa shape index (κ2) is 7.62. The Labute approximate surface area is 142 Å². The lowest BCUT2D eigenvalue weighted by Gasteiger charge is -2.34. The summed E-state index contributed by atoms with van der Waals surface area (Å²) in [7, 11) is 1.48. The van der Waals surface area contributed by atoms with Gasteiger partial charge in [0.2, 0.25) is 0 Å². The van der Waals surface area contributed by atoms with Crippen LogP contribution < -0.4 is 15.0 Å². The Morgan fingerprint density at radius 1 is 1.25 bits per heavy atom. The van der Waals surface area contributed by atoms with Crippen molar-refractivity contribution in [3.8, 4) is 5.75 Å². The monoisotopic (exact) mass is 329 g/mol. The molecule has 1 aliphatic heterocycles. The number of benzene rings is 1. The lowest BCUT2D eigenvalue weighted by atomic mass is 10.0. The number of methoxy groups -OCH3 is 1. The minimum atomic E-state index is -0.311. The number of nitrogens with one attached hydrogen (secondary N) is 1. The minimum Gasteiger partial charge on any atom is -0.494 e. The maximum absolute atomic E-state index is 13.9. The van der Waals surface area contributed by atoms with E-state index in [9.17, 15) is 4.39 Å². The summed E-state index contributed by atoms with van der Waals surface area (Å²) in [5.41, 5.74) is 0.945. The molecule has 0 unspecified atom stereocenters. The summed E-state index contributed by atoms with van der Waals surface area (Å²) >= 11 is 0. The van der Waals surface area contributed by atoms with Crippen LogP contribution in [0.3, 0.4) is 0 Å². The van der Waals surface area contributed by atoms with Crippen LogP contribution in [0.15, 0.2) is 42.6 Å². The molecule has 2 heterocycles. The van der Waals surface area contributed by atoms with Gasteiger partial charge in [-0.2, -0.15) is 0 Å². The fourth-order valence-corrected chi connectivity index (χ4v) is 3.22. The number of hydrogen-bond donors (Lipinski definition) is 1. The molecule has 0 bridgehead atoms. The third-order valence-electron chi connectivity index (χ3n) is 4.63. The Morgan fingerprint density at radius 3 is 2.67 bits per heavy atom. The maximum atomic E-state index is 13.9. The van der Waals surface area contributed by atoms with Crippen LogP contribution in [0, 0.1) is 5.82 Å². The predicted molar refractivity (Wildman–Crippen MR) is 94.0 cm³/mol. The van der Waals surface area contributed by atoms with Crippen LogP contribution in [0.5, 0.6) is 5.75 Å². The zero-order valence-corrected chi connectivity index (χ0v) is 14.2. The number of hydrogen-bond acceptors (Lipinski definition) is 4. The Kier molecular flexibility index (Phi) is 5.30. The van der Waals surface area contributed by atoms with Gasteiger partial charge in [0.1, 0.15) is 5.82 Å². The molecule has 1 aromatic carbocycles. The summed E-state index contributed by atoms with van der Waals surface area (Å²) in [6.45, 7) is 4.04. The molecule has 0 saturated carbocycles. The van der Waals surface area contributed by atoms with Crippen LogP contribution in [-0.2, 0) is 0 Å². The average molecular weight is 329 g/mol. The van der Waals surface area contributed by atoms with Gasteiger partial charge in [0.25, 0.3) is 0 Å². The van der Waals surface area contributed by atoms with Crippen LogP contribution in [-0.4, -0.2) is 31.2 Å². The molecule has 1 fully saturated rings. The molecule has 5 heteroatoms. The molecule has 1 saturated heterocycles. The van der Waals surface area contributed by atoms with Crippen molar-refractivity contribution >= 4 is 5.82 Å². The van der Waals surface area contributed by atoms with E-state index in [0.29, 0.717) is 6.04 Å². The van der Waals surface area contributed by atoms with Crippen molar-refractivity contribution in [1.29, 1.82) is 0 Å². The number of pyridine rings is 1. The summed E-state index contributed by atoms with van der Waals surface area (Å²) in [6, 6.07) is 11.7. The molecule has 0 aliphatic carbocycles. The van der Waals surface area contributed by atoms with Crippen molar-refractivity contribution in [2.24, 2.45) is 0 Å². The Bertz CT molecular complexity index is 657. The number of halogens is 1. The SMILES string of the molecule is COc1ccc([C@@H](C)NC2CCN(c3ccccn3)CC2)cc1F. The van der Waals surface area contributed by atoms with Gasteiger partial charge >= 0.3 is 0 Å². The molecular weight excluding hydrogens is 305 g/mol. The number of ether oxygens (including phenoxy) is 1. The van der Waals surface area contributed by atoms with Gasteiger partial charge in [-0.25, -0.2) is 9.37 Å². The largest absolute Gasteiger partial charge is 0.494 e. The van der Waals surface area contributed by atoms with Crippen LogP contribution in [0.4, 0.5) is 10.2 Å². The van der Waals surface area contributed by atoms with Gasteiger partial charge in [-0.1, -0.05) is 12.1 Å². The fraction of sp³-hybridized carbons (Fsp3) is 0.421. The molecule has 0 amide bonds. The van der Waals surface area contributed by atoms with E-state index in [-0.39, 0.29) is 17.6 Å². The van der Waals surface area contributed by atoms with E-state index in [0.717, 1.165) is 37.3 Å². The molecule has 1 atom stereocenters. The molecule has 1 aromatic heterocycles. The summed E-state index contributed by atoms with van der Waals surface area (Å²) in [6.07, 6.45) is 3.94. The predicted octanol–water partition coefficient (Wildman–Crippen LogP) is 3.55. The van der Waals surface area contributed by atoms with Crippen LogP contribution in [0.1, 0.15) is 31.4 Å².